The molecule has 2 aromatic carbocycles. The SMILES string of the molecule is O=C(NCc1ccccc1)NCC1CCN(C(=O)c2cc3ccccc3o2)CC1. The highest BCUT2D eigenvalue weighted by atomic mass is 16.3. The maximum atomic E-state index is 12.7. The van der Waals surface area contributed by atoms with Crippen molar-refractivity contribution in [2.75, 3.05) is 19.6 Å². The Morgan fingerprint density at radius 2 is 1.69 bits per heavy atom. The summed E-state index contributed by atoms with van der Waals surface area (Å²) in [6.45, 7) is 2.48. The minimum atomic E-state index is -0.158. The monoisotopic (exact) mass is 391 g/mol. The van der Waals surface area contributed by atoms with Crippen molar-refractivity contribution >= 4 is 22.9 Å². The van der Waals surface area contributed by atoms with Crippen molar-refractivity contribution < 1.29 is 14.0 Å². The van der Waals surface area contributed by atoms with Gasteiger partial charge in [-0.2, -0.15) is 0 Å². The van der Waals surface area contributed by atoms with Gasteiger partial charge in [-0.05, 0) is 36.5 Å². The molecule has 3 aromatic rings. The first-order chi connectivity index (χ1) is 14.2. The highest BCUT2D eigenvalue weighted by Gasteiger charge is 2.25. The number of nitrogens with one attached hydrogen (secondary N) is 2. The van der Waals surface area contributed by atoms with Gasteiger partial charge in [-0.25, -0.2) is 4.79 Å². The standard InChI is InChI=1S/C23H25N3O3/c27-22(21-14-19-8-4-5-9-20(19)29-21)26-12-10-18(11-13-26)16-25-23(28)24-15-17-6-2-1-3-7-17/h1-9,14,18H,10-13,15-16H2,(H2,24,25,28). The third kappa shape index (κ3) is 4.77. The van der Waals surface area contributed by atoms with Crippen LogP contribution in [0, 0.1) is 5.92 Å². The summed E-state index contributed by atoms with van der Waals surface area (Å²) in [5.74, 6) is 0.702. The molecule has 2 heterocycles. The highest BCUT2D eigenvalue weighted by molar-refractivity contribution is 5.96. The molecule has 1 saturated heterocycles. The Hall–Kier alpha value is -3.28. The number of urea groups is 1. The van der Waals surface area contributed by atoms with Gasteiger partial charge < -0.3 is 20.0 Å². The predicted octanol–water partition coefficient (Wildman–Crippen LogP) is 3.78. The van der Waals surface area contributed by atoms with Crippen LogP contribution in [0.25, 0.3) is 11.0 Å². The van der Waals surface area contributed by atoms with Gasteiger partial charge in [-0.15, -0.1) is 0 Å². The van der Waals surface area contributed by atoms with E-state index in [0.29, 0.717) is 37.9 Å². The number of piperidine rings is 1. The zero-order valence-electron chi connectivity index (χ0n) is 16.3. The number of fused-ring (bicyclic) bond motifs is 1. The van der Waals surface area contributed by atoms with Crippen LogP contribution in [-0.2, 0) is 6.54 Å². The summed E-state index contributed by atoms with van der Waals surface area (Å²) in [7, 11) is 0. The zero-order valence-corrected chi connectivity index (χ0v) is 16.3. The minimum absolute atomic E-state index is 0.0618. The lowest BCUT2D eigenvalue weighted by Gasteiger charge is -2.31. The molecule has 1 fully saturated rings. The Morgan fingerprint density at radius 1 is 0.966 bits per heavy atom. The molecular weight excluding hydrogens is 366 g/mol. The van der Waals surface area contributed by atoms with Crippen LogP contribution in [0.3, 0.4) is 0 Å². The minimum Gasteiger partial charge on any atom is -0.451 e. The molecule has 3 amide bonds. The molecule has 0 saturated carbocycles. The second-order valence-electron chi connectivity index (χ2n) is 7.43. The van der Waals surface area contributed by atoms with E-state index in [1.54, 1.807) is 0 Å². The van der Waals surface area contributed by atoms with E-state index in [-0.39, 0.29) is 11.9 Å². The summed E-state index contributed by atoms with van der Waals surface area (Å²) in [5.41, 5.74) is 1.80. The molecule has 0 bridgehead atoms. The van der Waals surface area contributed by atoms with E-state index in [4.69, 9.17) is 4.42 Å². The van der Waals surface area contributed by atoms with Gasteiger partial charge in [0.25, 0.3) is 5.91 Å². The number of hydrogen-bond donors (Lipinski definition) is 2. The summed E-state index contributed by atoms with van der Waals surface area (Å²) in [6, 6.07) is 19.1. The first-order valence-corrected chi connectivity index (χ1v) is 10.0. The lowest BCUT2D eigenvalue weighted by atomic mass is 9.96. The van der Waals surface area contributed by atoms with Crippen LogP contribution in [0.15, 0.2) is 65.1 Å². The molecule has 1 aliphatic rings. The normalized spacial score (nSPS) is 14.7. The molecule has 6 nitrogen and oxygen atoms in total. The average Bonchev–Trinajstić information content (AvgIpc) is 3.21. The number of nitrogens with zero attached hydrogens (tertiary/aromatic N) is 1. The number of benzene rings is 2. The second-order valence-corrected chi connectivity index (χ2v) is 7.43. The van der Waals surface area contributed by atoms with Crippen molar-refractivity contribution in [1.82, 2.24) is 15.5 Å². The van der Waals surface area contributed by atoms with Crippen LogP contribution < -0.4 is 10.6 Å². The van der Waals surface area contributed by atoms with Crippen molar-refractivity contribution in [1.29, 1.82) is 0 Å². The first-order valence-electron chi connectivity index (χ1n) is 10.0. The summed E-state index contributed by atoms with van der Waals surface area (Å²) < 4.78 is 5.70. The van der Waals surface area contributed by atoms with Gasteiger partial charge in [-0.1, -0.05) is 48.5 Å². The van der Waals surface area contributed by atoms with Crippen molar-refractivity contribution in [3.63, 3.8) is 0 Å². The first kappa shape index (κ1) is 19.1. The number of furan rings is 1. The number of likely N-dealkylation sites (tertiary alicyclic amines) is 1. The number of carbonyl (C=O) groups excluding carboxylic acids is 2. The molecule has 0 unspecified atom stereocenters. The molecule has 150 valence electrons. The van der Waals surface area contributed by atoms with Crippen LogP contribution in [0.1, 0.15) is 29.0 Å². The van der Waals surface area contributed by atoms with Gasteiger partial charge >= 0.3 is 6.03 Å². The fraction of sp³-hybridized carbons (Fsp3) is 0.304. The predicted molar refractivity (Wildman–Crippen MR) is 112 cm³/mol. The molecule has 0 spiro atoms. The topological polar surface area (TPSA) is 74.6 Å². The molecule has 1 aliphatic heterocycles. The highest BCUT2D eigenvalue weighted by Crippen LogP contribution is 2.23. The summed E-state index contributed by atoms with van der Waals surface area (Å²) in [6.07, 6.45) is 1.73. The van der Waals surface area contributed by atoms with E-state index >= 15 is 0 Å². The Bertz CT molecular complexity index is 942. The largest absolute Gasteiger partial charge is 0.451 e. The van der Waals surface area contributed by atoms with Gasteiger partial charge in [0.05, 0.1) is 0 Å². The van der Waals surface area contributed by atoms with Gasteiger partial charge in [0.1, 0.15) is 5.58 Å². The lowest BCUT2D eigenvalue weighted by molar-refractivity contribution is 0.0661. The molecule has 0 aliphatic carbocycles. The van der Waals surface area contributed by atoms with Crippen LogP contribution in [0.5, 0.6) is 0 Å². The van der Waals surface area contributed by atoms with E-state index in [9.17, 15) is 9.59 Å². The third-order valence-electron chi connectivity index (χ3n) is 5.39. The fourth-order valence-electron chi connectivity index (χ4n) is 3.66. The Kier molecular flexibility index (Phi) is 5.79. The van der Waals surface area contributed by atoms with Crippen molar-refractivity contribution in [2.45, 2.75) is 19.4 Å². The summed E-state index contributed by atoms with van der Waals surface area (Å²) >= 11 is 0. The van der Waals surface area contributed by atoms with Gasteiger partial charge in [0.15, 0.2) is 5.76 Å². The zero-order chi connectivity index (χ0) is 20.1. The van der Waals surface area contributed by atoms with Crippen molar-refractivity contribution in [3.05, 3.63) is 72.0 Å². The molecule has 2 N–H and O–H groups in total. The molecule has 1 aromatic heterocycles. The maximum absolute atomic E-state index is 12.7. The third-order valence-corrected chi connectivity index (χ3v) is 5.39. The fourth-order valence-corrected chi connectivity index (χ4v) is 3.66. The number of amides is 3. The Balaban J connectivity index is 1.21. The maximum Gasteiger partial charge on any atom is 0.315 e. The van der Waals surface area contributed by atoms with Gasteiger partial charge in [-0.3, -0.25) is 4.79 Å². The quantitative estimate of drug-likeness (QED) is 0.695. The smallest absolute Gasteiger partial charge is 0.315 e. The Morgan fingerprint density at radius 3 is 2.45 bits per heavy atom. The van der Waals surface area contributed by atoms with Crippen LogP contribution in [0.4, 0.5) is 4.79 Å². The second kappa shape index (κ2) is 8.82. The van der Waals surface area contributed by atoms with Gasteiger partial charge in [0, 0.05) is 31.6 Å². The van der Waals surface area contributed by atoms with Crippen molar-refractivity contribution in [2.24, 2.45) is 5.92 Å². The molecular formula is C23H25N3O3. The lowest BCUT2D eigenvalue weighted by Crippen LogP contribution is -2.43. The molecule has 0 radical (unpaired) electrons. The van der Waals surface area contributed by atoms with E-state index in [1.807, 2.05) is 65.6 Å². The summed E-state index contributed by atoms with van der Waals surface area (Å²) in [5, 5.41) is 6.76. The molecule has 6 heteroatoms. The van der Waals surface area contributed by atoms with Crippen LogP contribution in [-0.4, -0.2) is 36.5 Å². The number of para-hydroxylation sites is 1. The van der Waals surface area contributed by atoms with Crippen LogP contribution >= 0.6 is 0 Å². The number of hydrogen-bond acceptors (Lipinski definition) is 3. The van der Waals surface area contributed by atoms with E-state index < -0.39 is 0 Å². The number of carbonyl (C=O) groups is 2. The summed E-state index contributed by atoms with van der Waals surface area (Å²) in [4.78, 5) is 26.6. The number of rotatable bonds is 5. The average molecular weight is 391 g/mol. The molecule has 29 heavy (non-hydrogen) atoms. The molecule has 0 atom stereocenters. The van der Waals surface area contributed by atoms with Gasteiger partial charge in [0.2, 0.25) is 0 Å². The Labute approximate surface area is 169 Å². The van der Waals surface area contributed by atoms with Crippen molar-refractivity contribution in [3.8, 4) is 0 Å². The van der Waals surface area contributed by atoms with E-state index in [1.165, 1.54) is 0 Å². The van der Waals surface area contributed by atoms with E-state index in [2.05, 4.69) is 10.6 Å². The van der Waals surface area contributed by atoms with E-state index in [0.717, 1.165) is 29.4 Å². The molecule has 4 rings (SSSR count). The van der Waals surface area contributed by atoms with Crippen LogP contribution in [0.2, 0.25) is 0 Å².